The standard InChI is InChI=1S/C31H35FN4O2/c1-6-22-9-7-8-10-25(22)31(23-11-13-24(32)14-12-23)36-19-20(2)35(18-21(36)3)27-17-29(37)34(4)26-15-16-28(38-5)33-30(26)27/h7-17,20-21,31H,6,18-19H2,1-5H3/t20-,21?,31?/m0/s1. The van der Waals surface area contributed by atoms with Crippen molar-refractivity contribution in [1.29, 1.82) is 0 Å². The summed E-state index contributed by atoms with van der Waals surface area (Å²) in [7, 11) is 3.37. The van der Waals surface area contributed by atoms with Crippen LogP contribution >= 0.6 is 0 Å². The maximum atomic E-state index is 13.9. The maximum Gasteiger partial charge on any atom is 0.252 e. The molecule has 1 fully saturated rings. The van der Waals surface area contributed by atoms with Crippen molar-refractivity contribution in [3.8, 4) is 5.88 Å². The molecule has 0 radical (unpaired) electrons. The molecule has 6 nitrogen and oxygen atoms in total. The van der Waals surface area contributed by atoms with Crippen molar-refractivity contribution in [2.45, 2.75) is 45.3 Å². The predicted molar refractivity (Wildman–Crippen MR) is 151 cm³/mol. The van der Waals surface area contributed by atoms with Crippen molar-refractivity contribution in [2.24, 2.45) is 7.05 Å². The van der Waals surface area contributed by atoms with E-state index < -0.39 is 0 Å². The second kappa shape index (κ2) is 10.6. The first-order chi connectivity index (χ1) is 18.3. The highest BCUT2D eigenvalue weighted by Crippen LogP contribution is 2.37. The minimum Gasteiger partial charge on any atom is -0.481 e. The van der Waals surface area contributed by atoms with Crippen LogP contribution in [-0.2, 0) is 13.5 Å². The minimum absolute atomic E-state index is 0.00930. The van der Waals surface area contributed by atoms with E-state index >= 15 is 0 Å². The molecule has 3 heterocycles. The van der Waals surface area contributed by atoms with Crippen LogP contribution in [0.4, 0.5) is 10.1 Å². The molecule has 0 saturated carbocycles. The van der Waals surface area contributed by atoms with Gasteiger partial charge < -0.3 is 14.2 Å². The first kappa shape index (κ1) is 25.9. The Balaban J connectivity index is 1.57. The molecular weight excluding hydrogens is 479 g/mol. The second-order valence-corrected chi connectivity index (χ2v) is 10.2. The van der Waals surface area contributed by atoms with Crippen LogP contribution in [0.2, 0.25) is 0 Å². The highest BCUT2D eigenvalue weighted by molar-refractivity contribution is 5.89. The van der Waals surface area contributed by atoms with Gasteiger partial charge in [-0.1, -0.05) is 43.3 Å². The third-order valence-electron chi connectivity index (χ3n) is 7.84. The SMILES string of the molecule is CCc1ccccc1C(c1ccc(F)cc1)N1C[C@H](C)N(c2cc(=O)n(C)c3ccc(OC)nc23)CC1C. The molecule has 4 aromatic rings. The molecule has 5 rings (SSSR count). The van der Waals surface area contributed by atoms with Crippen molar-refractivity contribution in [3.63, 3.8) is 0 Å². The average Bonchev–Trinajstić information content (AvgIpc) is 2.93. The molecule has 0 spiro atoms. The second-order valence-electron chi connectivity index (χ2n) is 10.2. The number of halogens is 1. The van der Waals surface area contributed by atoms with Gasteiger partial charge in [0.05, 0.1) is 24.4 Å². The molecule has 1 saturated heterocycles. The Labute approximate surface area is 223 Å². The number of aryl methyl sites for hydroxylation is 2. The molecule has 0 N–H and O–H groups in total. The van der Waals surface area contributed by atoms with E-state index in [1.165, 1.54) is 11.1 Å². The summed E-state index contributed by atoms with van der Waals surface area (Å²) in [5.74, 6) is 0.284. The number of nitrogens with zero attached hydrogens (tertiary/aromatic N) is 4. The fraction of sp³-hybridized carbons (Fsp3) is 0.355. The lowest BCUT2D eigenvalue weighted by Crippen LogP contribution is -2.57. The Hall–Kier alpha value is -3.71. The average molecular weight is 515 g/mol. The van der Waals surface area contributed by atoms with Gasteiger partial charge in [0.15, 0.2) is 0 Å². The molecule has 2 aromatic carbocycles. The summed E-state index contributed by atoms with van der Waals surface area (Å²) in [6.45, 7) is 8.07. The van der Waals surface area contributed by atoms with E-state index in [1.807, 2.05) is 18.2 Å². The van der Waals surface area contributed by atoms with E-state index in [1.54, 1.807) is 43.0 Å². The summed E-state index contributed by atoms with van der Waals surface area (Å²) >= 11 is 0. The van der Waals surface area contributed by atoms with Gasteiger partial charge in [0.1, 0.15) is 11.3 Å². The quantitative estimate of drug-likeness (QED) is 0.348. The van der Waals surface area contributed by atoms with Crippen LogP contribution in [0, 0.1) is 5.82 Å². The summed E-state index contributed by atoms with van der Waals surface area (Å²) in [6, 6.07) is 21.1. The van der Waals surface area contributed by atoms with E-state index in [9.17, 15) is 9.18 Å². The first-order valence-electron chi connectivity index (χ1n) is 13.2. The Morgan fingerprint density at radius 3 is 2.47 bits per heavy atom. The highest BCUT2D eigenvalue weighted by atomic mass is 19.1. The van der Waals surface area contributed by atoms with Gasteiger partial charge in [-0.25, -0.2) is 9.37 Å². The molecule has 7 heteroatoms. The number of aromatic nitrogens is 2. The largest absolute Gasteiger partial charge is 0.481 e. The molecule has 1 aliphatic heterocycles. The summed E-state index contributed by atoms with van der Waals surface area (Å²) in [4.78, 5) is 22.5. The number of fused-ring (bicyclic) bond motifs is 1. The predicted octanol–water partition coefficient (Wildman–Crippen LogP) is 5.33. The Bertz CT molecular complexity index is 1500. The van der Waals surface area contributed by atoms with E-state index in [4.69, 9.17) is 9.72 Å². The lowest BCUT2D eigenvalue weighted by molar-refractivity contribution is 0.129. The van der Waals surface area contributed by atoms with Gasteiger partial charge in [-0.05, 0) is 55.2 Å². The maximum absolute atomic E-state index is 13.9. The zero-order valence-electron chi connectivity index (χ0n) is 22.7. The molecule has 3 atom stereocenters. The first-order valence-corrected chi connectivity index (χ1v) is 13.2. The van der Waals surface area contributed by atoms with Crippen LogP contribution in [0.15, 0.2) is 71.5 Å². The highest BCUT2D eigenvalue weighted by Gasteiger charge is 2.36. The van der Waals surface area contributed by atoms with E-state index in [2.05, 4.69) is 54.8 Å². The van der Waals surface area contributed by atoms with Gasteiger partial charge in [-0.15, -0.1) is 0 Å². The van der Waals surface area contributed by atoms with Gasteiger partial charge in [0.25, 0.3) is 5.56 Å². The van der Waals surface area contributed by atoms with Crippen LogP contribution in [0.5, 0.6) is 5.88 Å². The van der Waals surface area contributed by atoms with Crippen molar-refractivity contribution < 1.29 is 9.13 Å². The number of hydrogen-bond donors (Lipinski definition) is 0. The normalized spacial score (nSPS) is 19.1. The number of ether oxygens (including phenoxy) is 1. The van der Waals surface area contributed by atoms with Crippen molar-refractivity contribution in [1.82, 2.24) is 14.5 Å². The van der Waals surface area contributed by atoms with Crippen LogP contribution in [0.25, 0.3) is 11.0 Å². The van der Waals surface area contributed by atoms with Gasteiger partial charge in [-0.3, -0.25) is 9.69 Å². The zero-order chi connectivity index (χ0) is 27.0. The third kappa shape index (κ3) is 4.67. The molecule has 38 heavy (non-hydrogen) atoms. The lowest BCUT2D eigenvalue weighted by atomic mass is 9.89. The number of methoxy groups -OCH3 is 1. The van der Waals surface area contributed by atoms with Crippen molar-refractivity contribution in [2.75, 3.05) is 25.1 Å². The van der Waals surface area contributed by atoms with Gasteiger partial charge in [0.2, 0.25) is 5.88 Å². The molecule has 0 amide bonds. The third-order valence-corrected chi connectivity index (χ3v) is 7.84. The smallest absolute Gasteiger partial charge is 0.252 e. The van der Waals surface area contributed by atoms with Crippen LogP contribution in [0.3, 0.4) is 0 Å². The Morgan fingerprint density at radius 1 is 1.03 bits per heavy atom. The number of benzene rings is 2. The molecule has 0 aliphatic carbocycles. The van der Waals surface area contributed by atoms with E-state index in [-0.39, 0.29) is 29.5 Å². The molecule has 1 aliphatic rings. The van der Waals surface area contributed by atoms with Crippen molar-refractivity contribution in [3.05, 3.63) is 99.6 Å². The number of piperazine rings is 1. The molecular formula is C31H35FN4O2. The lowest BCUT2D eigenvalue weighted by Gasteiger charge is -2.49. The minimum atomic E-state index is -0.233. The fourth-order valence-corrected chi connectivity index (χ4v) is 5.79. The number of rotatable bonds is 6. The Kier molecular flexibility index (Phi) is 7.21. The van der Waals surface area contributed by atoms with Gasteiger partial charge in [-0.2, -0.15) is 0 Å². The van der Waals surface area contributed by atoms with Gasteiger partial charge in [0, 0.05) is 44.4 Å². The van der Waals surface area contributed by atoms with Crippen LogP contribution in [0.1, 0.15) is 43.5 Å². The van der Waals surface area contributed by atoms with E-state index in [0.717, 1.165) is 35.2 Å². The van der Waals surface area contributed by atoms with Crippen molar-refractivity contribution >= 4 is 16.7 Å². The number of pyridine rings is 2. The molecule has 198 valence electrons. The van der Waals surface area contributed by atoms with E-state index in [0.29, 0.717) is 12.4 Å². The number of anilines is 1. The number of hydrogen-bond acceptors (Lipinski definition) is 5. The zero-order valence-corrected chi connectivity index (χ0v) is 22.7. The summed E-state index contributed by atoms with van der Waals surface area (Å²) in [5.41, 5.74) is 5.90. The molecule has 2 unspecified atom stereocenters. The molecule has 2 aromatic heterocycles. The summed E-state index contributed by atoms with van der Waals surface area (Å²) in [6.07, 6.45) is 0.921. The van der Waals surface area contributed by atoms with Crippen LogP contribution < -0.4 is 15.2 Å². The van der Waals surface area contributed by atoms with Crippen LogP contribution in [-0.4, -0.2) is 46.7 Å². The topological polar surface area (TPSA) is 50.6 Å². The molecule has 0 bridgehead atoms. The monoisotopic (exact) mass is 514 g/mol. The summed E-state index contributed by atoms with van der Waals surface area (Å²) < 4.78 is 20.9. The summed E-state index contributed by atoms with van der Waals surface area (Å²) in [5, 5.41) is 0. The fourth-order valence-electron chi connectivity index (χ4n) is 5.79. The Morgan fingerprint density at radius 2 is 1.76 bits per heavy atom. The van der Waals surface area contributed by atoms with Gasteiger partial charge >= 0.3 is 0 Å².